The van der Waals surface area contributed by atoms with E-state index in [-0.39, 0.29) is 12.4 Å². The predicted octanol–water partition coefficient (Wildman–Crippen LogP) is 0.992. The molecule has 0 saturated heterocycles. The van der Waals surface area contributed by atoms with Crippen LogP contribution in [-0.4, -0.2) is 54.0 Å². The average Bonchev–Trinajstić information content (AvgIpc) is 3.02. The van der Waals surface area contributed by atoms with Crippen molar-refractivity contribution in [1.82, 2.24) is 24.6 Å². The summed E-state index contributed by atoms with van der Waals surface area (Å²) in [6.45, 7) is -0.129. The fourth-order valence-electron chi connectivity index (χ4n) is 1.82. The molecule has 26 heavy (non-hydrogen) atoms. The molecule has 142 valence electrons. The first kappa shape index (κ1) is 19.7. The summed E-state index contributed by atoms with van der Waals surface area (Å²) in [7, 11) is -1.14. The summed E-state index contributed by atoms with van der Waals surface area (Å²) >= 11 is 0. The molecule has 1 N–H and O–H groups in total. The number of benzene rings is 1. The lowest BCUT2D eigenvalue weighted by atomic mass is 10.3. The number of aromatic nitrogens is 3. The van der Waals surface area contributed by atoms with Crippen molar-refractivity contribution in [3.05, 3.63) is 40.2 Å². The highest BCUT2D eigenvalue weighted by atomic mass is 32.2. The van der Waals surface area contributed by atoms with Gasteiger partial charge in [-0.15, -0.1) is 5.10 Å². The van der Waals surface area contributed by atoms with Crippen LogP contribution >= 0.6 is 0 Å². The number of alkyl halides is 3. The van der Waals surface area contributed by atoms with Gasteiger partial charge in [0.15, 0.2) is 5.69 Å². The lowest BCUT2D eigenvalue weighted by Gasteiger charge is -2.14. The van der Waals surface area contributed by atoms with Crippen LogP contribution in [-0.2, 0) is 16.2 Å². The topological polar surface area (TPSA) is 123 Å². The van der Waals surface area contributed by atoms with Crippen LogP contribution in [0.4, 0.5) is 18.9 Å². The smallest absolute Gasteiger partial charge is 0.296 e. The van der Waals surface area contributed by atoms with Crippen molar-refractivity contribution in [2.45, 2.75) is 11.1 Å². The second-order valence-electron chi connectivity index (χ2n) is 5.34. The first-order valence-corrected chi connectivity index (χ1v) is 8.33. The summed E-state index contributed by atoms with van der Waals surface area (Å²) in [6, 6.07) is 2.68. The molecule has 0 aliphatic rings. The number of nitrogens with zero attached hydrogens (tertiary/aromatic N) is 5. The zero-order valence-corrected chi connectivity index (χ0v) is 14.2. The Morgan fingerprint density at radius 3 is 2.50 bits per heavy atom. The van der Waals surface area contributed by atoms with Crippen LogP contribution in [0.1, 0.15) is 5.69 Å². The van der Waals surface area contributed by atoms with Crippen molar-refractivity contribution in [2.75, 3.05) is 20.8 Å². The number of sulfonamides is 1. The highest BCUT2D eigenvalue weighted by Gasteiger charge is 2.35. The summed E-state index contributed by atoms with van der Waals surface area (Å²) in [5.74, 6) is 0. The molecular formula is C12H13F3N6O4S. The lowest BCUT2D eigenvalue weighted by molar-refractivity contribution is -0.385. The maximum atomic E-state index is 12.7. The molecule has 10 nitrogen and oxygen atoms in total. The van der Waals surface area contributed by atoms with E-state index in [2.05, 4.69) is 15.0 Å². The van der Waals surface area contributed by atoms with Gasteiger partial charge in [0.25, 0.3) is 5.69 Å². The number of rotatable bonds is 6. The standard InChI is InChI=1S/C12H13F3N6O4S/c1-19(2)7-16-26(24,25)10-5-8(21(22)23)3-4-9(10)20-6-11(17-18-20)12(13,14)15/h3-6,16H,7H2,1-2H3. The van der Waals surface area contributed by atoms with Crippen LogP contribution in [0.15, 0.2) is 29.3 Å². The minimum absolute atomic E-state index is 0.129. The molecule has 2 rings (SSSR count). The highest BCUT2D eigenvalue weighted by Crippen LogP contribution is 2.29. The van der Waals surface area contributed by atoms with Gasteiger partial charge in [-0.2, -0.15) is 17.9 Å². The van der Waals surface area contributed by atoms with Crippen LogP contribution in [0, 0.1) is 10.1 Å². The largest absolute Gasteiger partial charge is 0.436 e. The van der Waals surface area contributed by atoms with E-state index < -0.39 is 37.4 Å². The van der Waals surface area contributed by atoms with E-state index in [1.54, 1.807) is 14.1 Å². The van der Waals surface area contributed by atoms with Crippen molar-refractivity contribution in [3.63, 3.8) is 0 Å². The summed E-state index contributed by atoms with van der Waals surface area (Å²) in [6.07, 6.45) is -4.28. The molecule has 0 aliphatic carbocycles. The van der Waals surface area contributed by atoms with Crippen LogP contribution < -0.4 is 4.72 Å². The van der Waals surface area contributed by atoms with Crippen molar-refractivity contribution >= 4 is 15.7 Å². The third-order valence-corrected chi connectivity index (χ3v) is 4.46. The molecular weight excluding hydrogens is 381 g/mol. The third kappa shape index (κ3) is 4.33. The minimum Gasteiger partial charge on any atom is -0.296 e. The van der Waals surface area contributed by atoms with E-state index in [0.29, 0.717) is 10.9 Å². The molecule has 0 radical (unpaired) electrons. The number of nitro benzene ring substituents is 1. The molecule has 2 aromatic rings. The number of halogens is 3. The molecule has 1 aromatic carbocycles. The molecule has 1 aromatic heterocycles. The molecule has 0 amide bonds. The van der Waals surface area contributed by atoms with Gasteiger partial charge in [0.1, 0.15) is 4.90 Å². The predicted molar refractivity (Wildman–Crippen MR) is 81.9 cm³/mol. The molecule has 1 heterocycles. The van der Waals surface area contributed by atoms with E-state index in [0.717, 1.165) is 18.2 Å². The Morgan fingerprint density at radius 1 is 1.35 bits per heavy atom. The summed E-state index contributed by atoms with van der Waals surface area (Å²) < 4.78 is 65.8. The molecule has 0 fully saturated rings. The first-order valence-electron chi connectivity index (χ1n) is 6.84. The number of hydrogen-bond donors (Lipinski definition) is 1. The van der Waals surface area contributed by atoms with Crippen molar-refractivity contribution in [3.8, 4) is 5.69 Å². The van der Waals surface area contributed by atoms with Crippen molar-refractivity contribution < 1.29 is 26.5 Å². The molecule has 0 bridgehead atoms. The van der Waals surface area contributed by atoms with Gasteiger partial charge in [-0.3, -0.25) is 15.0 Å². The number of nitrogens with one attached hydrogen (secondary N) is 1. The quantitative estimate of drug-likeness (QED) is 0.440. The van der Waals surface area contributed by atoms with E-state index >= 15 is 0 Å². The average molecular weight is 394 g/mol. The second-order valence-corrected chi connectivity index (χ2v) is 7.08. The van der Waals surface area contributed by atoms with Crippen LogP contribution in [0.5, 0.6) is 0 Å². The summed E-state index contributed by atoms with van der Waals surface area (Å²) in [5.41, 5.74) is -2.19. The zero-order valence-electron chi connectivity index (χ0n) is 13.4. The Kier molecular flexibility index (Phi) is 5.29. The van der Waals surface area contributed by atoms with Gasteiger partial charge in [-0.25, -0.2) is 13.1 Å². The van der Waals surface area contributed by atoms with Crippen LogP contribution in [0.2, 0.25) is 0 Å². The maximum Gasteiger partial charge on any atom is 0.436 e. The molecule has 0 spiro atoms. The Labute approximate surface area is 145 Å². The Bertz CT molecular complexity index is 925. The molecule has 0 aliphatic heterocycles. The van der Waals surface area contributed by atoms with E-state index in [4.69, 9.17) is 0 Å². The number of hydrogen-bond acceptors (Lipinski definition) is 7. The molecule has 0 unspecified atom stereocenters. The van der Waals surface area contributed by atoms with Crippen LogP contribution in [0.25, 0.3) is 5.69 Å². The Hall–Kier alpha value is -2.58. The van der Waals surface area contributed by atoms with Gasteiger partial charge in [0.05, 0.1) is 23.5 Å². The summed E-state index contributed by atoms with van der Waals surface area (Å²) in [4.78, 5) is 11.0. The normalized spacial score (nSPS) is 12.5. The van der Waals surface area contributed by atoms with Gasteiger partial charge >= 0.3 is 6.18 Å². The Morgan fingerprint density at radius 2 is 2.00 bits per heavy atom. The molecule has 14 heteroatoms. The monoisotopic (exact) mass is 394 g/mol. The van der Waals surface area contributed by atoms with E-state index in [1.807, 2.05) is 0 Å². The van der Waals surface area contributed by atoms with E-state index in [1.165, 1.54) is 4.90 Å². The lowest BCUT2D eigenvalue weighted by Crippen LogP contribution is -2.33. The molecule has 0 saturated carbocycles. The maximum absolute atomic E-state index is 12.7. The SMILES string of the molecule is CN(C)CNS(=O)(=O)c1cc([N+](=O)[O-])ccc1-n1cc(C(F)(F)F)nn1. The van der Waals surface area contributed by atoms with Crippen molar-refractivity contribution in [2.24, 2.45) is 0 Å². The third-order valence-electron chi connectivity index (χ3n) is 3.05. The summed E-state index contributed by atoms with van der Waals surface area (Å²) in [5, 5.41) is 17.1. The van der Waals surface area contributed by atoms with Gasteiger partial charge in [0, 0.05) is 12.1 Å². The van der Waals surface area contributed by atoms with Gasteiger partial charge in [0.2, 0.25) is 10.0 Å². The highest BCUT2D eigenvalue weighted by molar-refractivity contribution is 7.89. The fraction of sp³-hybridized carbons (Fsp3) is 0.333. The van der Waals surface area contributed by atoms with Gasteiger partial charge in [-0.05, 0) is 20.2 Å². The van der Waals surface area contributed by atoms with Crippen molar-refractivity contribution in [1.29, 1.82) is 0 Å². The van der Waals surface area contributed by atoms with E-state index in [9.17, 15) is 31.7 Å². The number of non-ortho nitro benzene ring substituents is 1. The van der Waals surface area contributed by atoms with Gasteiger partial charge in [-0.1, -0.05) is 5.21 Å². The number of nitro groups is 1. The minimum atomic E-state index is -4.78. The fourth-order valence-corrected chi connectivity index (χ4v) is 3.12. The van der Waals surface area contributed by atoms with Gasteiger partial charge < -0.3 is 0 Å². The van der Waals surface area contributed by atoms with Crippen LogP contribution in [0.3, 0.4) is 0 Å². The first-order chi connectivity index (χ1) is 11.9. The molecule has 0 atom stereocenters. The second kappa shape index (κ2) is 6.97. The zero-order chi connectivity index (χ0) is 19.7. The Balaban J connectivity index is 2.59.